The van der Waals surface area contributed by atoms with Gasteiger partial charge in [0.1, 0.15) is 5.75 Å². The van der Waals surface area contributed by atoms with Gasteiger partial charge in [-0.2, -0.15) is 0 Å². The number of esters is 1. The van der Waals surface area contributed by atoms with Crippen LogP contribution in [0.3, 0.4) is 0 Å². The number of ether oxygens (including phenoxy) is 2. The molecular formula is C14H16F2O3. The zero-order valence-corrected chi connectivity index (χ0v) is 10.9. The van der Waals surface area contributed by atoms with Crippen molar-refractivity contribution in [3.8, 4) is 5.75 Å². The summed E-state index contributed by atoms with van der Waals surface area (Å²) in [7, 11) is 0. The lowest BCUT2D eigenvalue weighted by Gasteiger charge is -2.11. The average Bonchev–Trinajstić information content (AvgIpc) is 2.33. The molecule has 1 aromatic carbocycles. The minimum absolute atomic E-state index is 0.400. The van der Waals surface area contributed by atoms with Gasteiger partial charge in [0.15, 0.2) is 13.2 Å². The summed E-state index contributed by atoms with van der Waals surface area (Å²) in [4.78, 5) is 11.1. The predicted molar refractivity (Wildman–Crippen MR) is 68.2 cm³/mol. The molecule has 0 heterocycles. The van der Waals surface area contributed by atoms with Gasteiger partial charge in [0.25, 0.3) is 5.92 Å². The molecule has 0 saturated heterocycles. The Morgan fingerprint density at radius 1 is 1.32 bits per heavy atom. The van der Waals surface area contributed by atoms with Crippen molar-refractivity contribution in [1.29, 1.82) is 0 Å². The number of carbonyl (C=O) groups is 1. The molecule has 0 radical (unpaired) electrons. The van der Waals surface area contributed by atoms with E-state index in [1.807, 2.05) is 6.92 Å². The molecule has 0 fully saturated rings. The first-order chi connectivity index (χ1) is 8.78. The van der Waals surface area contributed by atoms with Crippen LogP contribution in [0.5, 0.6) is 5.75 Å². The van der Waals surface area contributed by atoms with Gasteiger partial charge in [0.05, 0.1) is 0 Å². The van der Waals surface area contributed by atoms with Crippen LogP contribution in [0, 0.1) is 0 Å². The van der Waals surface area contributed by atoms with Gasteiger partial charge in [-0.15, -0.1) is 0 Å². The number of allylic oxidation sites excluding steroid dienone is 1. The highest BCUT2D eigenvalue weighted by atomic mass is 19.3. The van der Waals surface area contributed by atoms with Gasteiger partial charge in [0, 0.05) is 6.92 Å². The van der Waals surface area contributed by atoms with E-state index < -0.39 is 25.1 Å². The van der Waals surface area contributed by atoms with Gasteiger partial charge in [0.2, 0.25) is 0 Å². The Kier molecular flexibility index (Phi) is 5.03. The van der Waals surface area contributed by atoms with Gasteiger partial charge in [-0.3, -0.25) is 0 Å². The molecule has 1 rings (SSSR count). The Balaban J connectivity index is 2.40. The van der Waals surface area contributed by atoms with Crippen molar-refractivity contribution in [2.75, 3.05) is 13.2 Å². The summed E-state index contributed by atoms with van der Waals surface area (Å²) in [5.41, 5.74) is 1.87. The topological polar surface area (TPSA) is 35.5 Å². The van der Waals surface area contributed by atoms with Crippen LogP contribution < -0.4 is 4.74 Å². The van der Waals surface area contributed by atoms with E-state index in [4.69, 9.17) is 4.74 Å². The van der Waals surface area contributed by atoms with Crippen molar-refractivity contribution in [3.05, 3.63) is 36.4 Å². The monoisotopic (exact) mass is 270 g/mol. The van der Waals surface area contributed by atoms with E-state index in [1.165, 1.54) is 0 Å². The molecule has 0 bridgehead atoms. The molecule has 104 valence electrons. The second-order valence-corrected chi connectivity index (χ2v) is 4.32. The molecular weight excluding hydrogens is 254 g/mol. The number of hydrogen-bond donors (Lipinski definition) is 0. The molecule has 0 unspecified atom stereocenters. The fourth-order valence-electron chi connectivity index (χ4n) is 1.23. The molecule has 0 atom stereocenters. The highest BCUT2D eigenvalue weighted by Gasteiger charge is 2.23. The molecule has 0 saturated carbocycles. The predicted octanol–water partition coefficient (Wildman–Crippen LogP) is 3.30. The third-order valence-corrected chi connectivity index (χ3v) is 2.19. The highest BCUT2D eigenvalue weighted by Crippen LogP contribution is 2.17. The molecule has 0 spiro atoms. The normalized spacial score (nSPS) is 10.9. The summed E-state index contributed by atoms with van der Waals surface area (Å²) in [6.45, 7) is 5.00. The van der Waals surface area contributed by atoms with E-state index >= 15 is 0 Å². The minimum Gasteiger partial charge on any atom is -0.482 e. The first-order valence-electron chi connectivity index (χ1n) is 5.70. The number of carbonyl (C=O) groups excluding carboxylic acids is 1. The summed E-state index contributed by atoms with van der Waals surface area (Å²) in [5.74, 6) is -3.39. The summed E-state index contributed by atoms with van der Waals surface area (Å²) in [5, 5.41) is 0. The van der Waals surface area contributed by atoms with Gasteiger partial charge in [-0.1, -0.05) is 24.3 Å². The molecule has 0 amide bonds. The Morgan fingerprint density at radius 3 is 2.37 bits per heavy atom. The molecule has 0 aliphatic rings. The van der Waals surface area contributed by atoms with E-state index in [9.17, 15) is 13.6 Å². The summed E-state index contributed by atoms with van der Waals surface area (Å²) >= 11 is 0. The third-order valence-electron chi connectivity index (χ3n) is 2.19. The minimum atomic E-state index is -3.03. The molecule has 0 aromatic heterocycles. The zero-order valence-electron chi connectivity index (χ0n) is 10.9. The largest absolute Gasteiger partial charge is 0.482 e. The fraction of sp³-hybridized carbons (Fsp3) is 0.357. The Morgan fingerprint density at radius 2 is 1.89 bits per heavy atom. The summed E-state index contributed by atoms with van der Waals surface area (Å²) < 4.78 is 34.4. The lowest BCUT2D eigenvalue weighted by atomic mass is 10.1. The molecule has 3 nitrogen and oxygen atoms in total. The lowest BCUT2D eigenvalue weighted by Crippen LogP contribution is -2.24. The van der Waals surface area contributed by atoms with Crippen molar-refractivity contribution in [1.82, 2.24) is 0 Å². The Bertz CT molecular complexity index is 447. The summed E-state index contributed by atoms with van der Waals surface area (Å²) in [6.07, 6.45) is 0. The zero-order chi connectivity index (χ0) is 14.5. The van der Waals surface area contributed by atoms with Gasteiger partial charge < -0.3 is 9.47 Å². The molecule has 0 aliphatic heterocycles. The maximum absolute atomic E-state index is 12.4. The first kappa shape index (κ1) is 15.1. The SMILES string of the molecule is C=C(C)c1ccc(OCC(=O)OCC(C)(F)F)cc1. The summed E-state index contributed by atoms with van der Waals surface area (Å²) in [6, 6.07) is 6.93. The number of halogens is 2. The molecule has 19 heavy (non-hydrogen) atoms. The van der Waals surface area contributed by atoms with Gasteiger partial charge >= 0.3 is 5.97 Å². The van der Waals surface area contributed by atoms with Gasteiger partial charge in [-0.05, 0) is 24.6 Å². The smallest absolute Gasteiger partial charge is 0.344 e. The second-order valence-electron chi connectivity index (χ2n) is 4.32. The fourth-order valence-corrected chi connectivity index (χ4v) is 1.23. The lowest BCUT2D eigenvalue weighted by molar-refractivity contribution is -0.155. The van der Waals surface area contributed by atoms with Crippen LogP contribution in [0.15, 0.2) is 30.8 Å². The Hall–Kier alpha value is -1.91. The van der Waals surface area contributed by atoms with Crippen LogP contribution in [0.4, 0.5) is 8.78 Å². The molecule has 1 aromatic rings. The van der Waals surface area contributed by atoms with E-state index in [-0.39, 0.29) is 0 Å². The van der Waals surface area contributed by atoms with Crippen molar-refractivity contribution >= 4 is 11.5 Å². The van der Waals surface area contributed by atoms with E-state index in [2.05, 4.69) is 11.3 Å². The number of rotatable bonds is 6. The number of benzene rings is 1. The van der Waals surface area contributed by atoms with Crippen LogP contribution in [0.25, 0.3) is 5.57 Å². The molecule has 5 heteroatoms. The second kappa shape index (κ2) is 6.31. The van der Waals surface area contributed by atoms with E-state index in [1.54, 1.807) is 24.3 Å². The van der Waals surface area contributed by atoms with Crippen molar-refractivity contribution < 1.29 is 23.0 Å². The van der Waals surface area contributed by atoms with Crippen molar-refractivity contribution in [2.45, 2.75) is 19.8 Å². The third kappa shape index (κ3) is 5.99. The maximum atomic E-state index is 12.4. The first-order valence-corrected chi connectivity index (χ1v) is 5.70. The van der Waals surface area contributed by atoms with Crippen LogP contribution in [-0.2, 0) is 9.53 Å². The van der Waals surface area contributed by atoms with E-state index in [0.29, 0.717) is 12.7 Å². The van der Waals surface area contributed by atoms with Gasteiger partial charge in [-0.25, -0.2) is 13.6 Å². The van der Waals surface area contributed by atoms with Crippen LogP contribution in [0.1, 0.15) is 19.4 Å². The van der Waals surface area contributed by atoms with Crippen LogP contribution >= 0.6 is 0 Å². The molecule has 0 aliphatic carbocycles. The average molecular weight is 270 g/mol. The highest BCUT2D eigenvalue weighted by molar-refractivity contribution is 5.71. The standard InChI is InChI=1S/C14H16F2O3/c1-10(2)11-4-6-12(7-5-11)18-8-13(17)19-9-14(3,15)16/h4-7H,1,8-9H2,2-3H3. The Labute approximate surface area is 110 Å². The number of alkyl halides is 2. The van der Waals surface area contributed by atoms with Crippen LogP contribution in [0.2, 0.25) is 0 Å². The van der Waals surface area contributed by atoms with E-state index in [0.717, 1.165) is 11.1 Å². The molecule has 0 N–H and O–H groups in total. The maximum Gasteiger partial charge on any atom is 0.344 e. The quantitative estimate of drug-likeness (QED) is 0.744. The van der Waals surface area contributed by atoms with Crippen molar-refractivity contribution in [3.63, 3.8) is 0 Å². The van der Waals surface area contributed by atoms with Crippen LogP contribution in [-0.4, -0.2) is 25.1 Å². The van der Waals surface area contributed by atoms with Crippen molar-refractivity contribution in [2.24, 2.45) is 0 Å². The number of hydrogen-bond acceptors (Lipinski definition) is 3.